The van der Waals surface area contributed by atoms with Crippen molar-refractivity contribution in [2.75, 3.05) is 6.61 Å². The van der Waals surface area contributed by atoms with Crippen LogP contribution in [-0.2, 0) is 27.3 Å². The molecule has 0 bridgehead atoms. The van der Waals surface area contributed by atoms with Crippen molar-refractivity contribution in [3.8, 4) is 10.7 Å². The average Bonchev–Trinajstić information content (AvgIpc) is 3.35. The minimum absolute atomic E-state index is 0.00512. The fourth-order valence-corrected chi connectivity index (χ4v) is 3.91. The number of thiophene rings is 1. The number of nitrogens with zero attached hydrogens (tertiary/aromatic N) is 2. The van der Waals surface area contributed by atoms with Crippen LogP contribution in [0.4, 0.5) is 0 Å². The second-order valence-electron chi connectivity index (χ2n) is 5.80. The van der Waals surface area contributed by atoms with Gasteiger partial charge >= 0.3 is 5.97 Å². The summed E-state index contributed by atoms with van der Waals surface area (Å²) in [6.45, 7) is 1.48. The van der Waals surface area contributed by atoms with Gasteiger partial charge in [0.25, 0.3) is 0 Å². The Kier molecular flexibility index (Phi) is 6.62. The van der Waals surface area contributed by atoms with Gasteiger partial charge in [0.1, 0.15) is 5.01 Å². The zero-order valence-corrected chi connectivity index (χ0v) is 16.6. The first-order chi connectivity index (χ1) is 13.5. The molecule has 3 heterocycles. The minimum atomic E-state index is -0.513. The number of pyridine rings is 1. The highest BCUT2D eigenvalue weighted by Gasteiger charge is 2.15. The summed E-state index contributed by atoms with van der Waals surface area (Å²) in [4.78, 5) is 45.0. The molecular formula is C19H17N3O4S2. The first kappa shape index (κ1) is 19.8. The molecule has 0 spiro atoms. The molecule has 0 aromatic carbocycles. The van der Waals surface area contributed by atoms with Gasteiger partial charge < -0.3 is 10.1 Å². The van der Waals surface area contributed by atoms with Gasteiger partial charge in [-0.25, -0.2) is 4.98 Å². The number of hydrogen-bond donors (Lipinski definition) is 1. The maximum absolute atomic E-state index is 12.2. The van der Waals surface area contributed by atoms with Crippen molar-refractivity contribution in [3.05, 3.63) is 57.4 Å². The number of ketones is 1. The number of Topliss-reactive ketones (excluding diaryl/α,β-unsaturated/α-hetero) is 1. The Morgan fingerprint density at radius 3 is 2.79 bits per heavy atom. The highest BCUT2D eigenvalue weighted by molar-refractivity contribution is 7.14. The minimum Gasteiger partial charge on any atom is -0.457 e. The molecule has 0 aliphatic rings. The topological polar surface area (TPSA) is 98.2 Å². The number of nitrogens with one attached hydrogen (secondary N) is 1. The fourth-order valence-electron chi connectivity index (χ4n) is 2.25. The van der Waals surface area contributed by atoms with Crippen molar-refractivity contribution < 1.29 is 19.1 Å². The first-order valence-electron chi connectivity index (χ1n) is 8.39. The normalized spacial score (nSPS) is 10.5. The predicted molar refractivity (Wildman–Crippen MR) is 106 cm³/mol. The Labute approximate surface area is 169 Å². The van der Waals surface area contributed by atoms with Crippen LogP contribution in [-0.4, -0.2) is 34.2 Å². The molecule has 3 aromatic heterocycles. The molecule has 9 heteroatoms. The molecule has 0 atom stereocenters. The number of aromatic nitrogens is 2. The number of ether oxygens (including phenoxy) is 1. The summed E-state index contributed by atoms with van der Waals surface area (Å²) in [5.74, 6) is -0.926. The zero-order chi connectivity index (χ0) is 19.9. The Balaban J connectivity index is 1.48. The summed E-state index contributed by atoms with van der Waals surface area (Å²) >= 11 is 2.67. The molecular weight excluding hydrogens is 398 g/mol. The molecule has 1 N–H and O–H groups in total. The average molecular weight is 415 g/mol. The summed E-state index contributed by atoms with van der Waals surface area (Å²) in [5.41, 5.74) is 1.33. The highest BCUT2D eigenvalue weighted by Crippen LogP contribution is 2.22. The van der Waals surface area contributed by atoms with E-state index >= 15 is 0 Å². The van der Waals surface area contributed by atoms with Gasteiger partial charge in [-0.15, -0.1) is 22.7 Å². The number of hydrogen-bond acceptors (Lipinski definition) is 8. The van der Waals surface area contributed by atoms with E-state index in [2.05, 4.69) is 15.3 Å². The molecule has 0 saturated carbocycles. The van der Waals surface area contributed by atoms with E-state index in [9.17, 15) is 14.4 Å². The lowest BCUT2D eigenvalue weighted by Gasteiger charge is -2.02. The number of esters is 1. The molecule has 0 aliphatic carbocycles. The smallest absolute Gasteiger partial charge is 0.312 e. The van der Waals surface area contributed by atoms with E-state index in [-0.39, 0.29) is 24.7 Å². The van der Waals surface area contributed by atoms with Crippen molar-refractivity contribution in [1.29, 1.82) is 0 Å². The lowest BCUT2D eigenvalue weighted by molar-refractivity contribution is -0.141. The van der Waals surface area contributed by atoms with Crippen LogP contribution >= 0.6 is 22.7 Å². The van der Waals surface area contributed by atoms with Gasteiger partial charge in [0.15, 0.2) is 6.61 Å². The molecule has 0 saturated heterocycles. The third-order valence-electron chi connectivity index (χ3n) is 3.57. The van der Waals surface area contributed by atoms with Crippen molar-refractivity contribution in [2.24, 2.45) is 0 Å². The van der Waals surface area contributed by atoms with Gasteiger partial charge in [-0.3, -0.25) is 19.4 Å². The fraction of sp³-hybridized carbons (Fsp3) is 0.211. The van der Waals surface area contributed by atoms with Gasteiger partial charge in [0.2, 0.25) is 11.7 Å². The van der Waals surface area contributed by atoms with Crippen LogP contribution in [0.1, 0.15) is 27.2 Å². The molecule has 0 fully saturated rings. The van der Waals surface area contributed by atoms with Crippen LogP contribution < -0.4 is 5.32 Å². The molecule has 1 amide bonds. The molecule has 144 valence electrons. The summed E-state index contributed by atoms with van der Waals surface area (Å²) in [6, 6.07) is 8.97. The Bertz CT molecular complexity index is 982. The molecule has 7 nitrogen and oxygen atoms in total. The highest BCUT2D eigenvalue weighted by atomic mass is 32.1. The molecule has 0 radical (unpaired) electrons. The maximum Gasteiger partial charge on any atom is 0.312 e. The quantitative estimate of drug-likeness (QED) is 0.449. The number of thiazole rings is 1. The van der Waals surface area contributed by atoms with E-state index in [0.717, 1.165) is 15.6 Å². The van der Waals surface area contributed by atoms with E-state index in [1.54, 1.807) is 23.7 Å². The number of carbonyl (C=O) groups is 3. The van der Waals surface area contributed by atoms with Gasteiger partial charge in [-0.05, 0) is 24.3 Å². The van der Waals surface area contributed by atoms with E-state index < -0.39 is 5.97 Å². The van der Waals surface area contributed by atoms with Gasteiger partial charge in [-0.2, -0.15) is 0 Å². The SMILES string of the molecule is CC(=O)NCc1ccc(C(=O)COC(=O)Cc2csc(-c3ccccn3)n2)s1. The van der Waals surface area contributed by atoms with Gasteiger partial charge in [0.05, 0.1) is 29.2 Å². The number of rotatable bonds is 8. The number of carbonyl (C=O) groups excluding carboxylic acids is 3. The summed E-state index contributed by atoms with van der Waals surface area (Å²) in [7, 11) is 0. The molecule has 3 aromatic rings. The second-order valence-corrected chi connectivity index (χ2v) is 7.82. The van der Waals surface area contributed by atoms with Crippen LogP contribution in [0.2, 0.25) is 0 Å². The maximum atomic E-state index is 12.2. The van der Waals surface area contributed by atoms with Crippen LogP contribution in [0.25, 0.3) is 10.7 Å². The lowest BCUT2D eigenvalue weighted by atomic mass is 10.3. The second kappa shape index (κ2) is 9.34. The van der Waals surface area contributed by atoms with Crippen molar-refractivity contribution >= 4 is 40.3 Å². The monoisotopic (exact) mass is 415 g/mol. The molecule has 3 rings (SSSR count). The van der Waals surface area contributed by atoms with Crippen LogP contribution in [0.5, 0.6) is 0 Å². The van der Waals surface area contributed by atoms with E-state index in [1.807, 2.05) is 18.2 Å². The summed E-state index contributed by atoms with van der Waals surface area (Å²) in [6.07, 6.45) is 1.68. The Morgan fingerprint density at radius 1 is 1.18 bits per heavy atom. The van der Waals surface area contributed by atoms with Crippen molar-refractivity contribution in [1.82, 2.24) is 15.3 Å². The summed E-state index contributed by atoms with van der Waals surface area (Å²) < 4.78 is 5.08. The van der Waals surface area contributed by atoms with Crippen LogP contribution in [0, 0.1) is 0 Å². The first-order valence-corrected chi connectivity index (χ1v) is 10.1. The third kappa shape index (κ3) is 5.54. The van der Waals surface area contributed by atoms with E-state index in [1.165, 1.54) is 29.6 Å². The predicted octanol–water partition coefficient (Wildman–Crippen LogP) is 2.87. The van der Waals surface area contributed by atoms with Crippen molar-refractivity contribution in [3.63, 3.8) is 0 Å². The zero-order valence-electron chi connectivity index (χ0n) is 15.0. The van der Waals surface area contributed by atoms with Crippen molar-refractivity contribution in [2.45, 2.75) is 19.9 Å². The molecule has 0 unspecified atom stereocenters. The third-order valence-corrected chi connectivity index (χ3v) is 5.61. The molecule has 28 heavy (non-hydrogen) atoms. The Hall–Kier alpha value is -2.91. The summed E-state index contributed by atoms with van der Waals surface area (Å²) in [5, 5.41) is 5.17. The van der Waals surface area contributed by atoms with E-state index in [0.29, 0.717) is 17.1 Å². The molecule has 0 aliphatic heterocycles. The largest absolute Gasteiger partial charge is 0.457 e. The number of amides is 1. The van der Waals surface area contributed by atoms with Gasteiger partial charge in [0, 0.05) is 23.4 Å². The van der Waals surface area contributed by atoms with Gasteiger partial charge in [-0.1, -0.05) is 6.07 Å². The van der Waals surface area contributed by atoms with Crippen LogP contribution in [0.3, 0.4) is 0 Å². The lowest BCUT2D eigenvalue weighted by Crippen LogP contribution is -2.18. The van der Waals surface area contributed by atoms with Crippen LogP contribution in [0.15, 0.2) is 41.9 Å². The van der Waals surface area contributed by atoms with E-state index in [4.69, 9.17) is 4.74 Å². The standard InChI is InChI=1S/C19H17N3O4S2/c1-12(23)21-9-14-5-6-17(28-14)16(24)10-26-18(25)8-13-11-27-19(22-13)15-4-2-3-7-20-15/h2-7,11H,8-10H2,1H3,(H,21,23). The Morgan fingerprint density at radius 2 is 2.04 bits per heavy atom.